The van der Waals surface area contributed by atoms with Gasteiger partial charge in [0.1, 0.15) is 0 Å². The smallest absolute Gasteiger partial charge is 0.251 e. The Balaban J connectivity index is 1.75. The van der Waals surface area contributed by atoms with Crippen LogP contribution in [0, 0.1) is 0 Å². The monoisotopic (exact) mass is 400 g/mol. The van der Waals surface area contributed by atoms with Gasteiger partial charge in [-0.2, -0.15) is 4.31 Å². The Hall–Kier alpha value is -2.18. The van der Waals surface area contributed by atoms with Gasteiger partial charge in [0.05, 0.1) is 4.90 Å². The predicted octanol–water partition coefficient (Wildman–Crippen LogP) is 3.53. The first-order valence-electron chi connectivity index (χ1n) is 9.94. The number of aryl methyl sites for hydroxylation is 2. The molecule has 6 heteroatoms. The summed E-state index contributed by atoms with van der Waals surface area (Å²) < 4.78 is 27.0. The molecule has 1 amide bonds. The number of hydrogen-bond donors (Lipinski definition) is 1. The first kappa shape index (κ1) is 20.6. The van der Waals surface area contributed by atoms with E-state index in [0.717, 1.165) is 31.2 Å². The molecule has 5 nitrogen and oxygen atoms in total. The van der Waals surface area contributed by atoms with E-state index in [1.165, 1.54) is 21.5 Å². The lowest BCUT2D eigenvalue weighted by Crippen LogP contribution is -2.28. The van der Waals surface area contributed by atoms with Crippen LogP contribution in [0.3, 0.4) is 0 Å². The number of nitrogens with zero attached hydrogens (tertiary/aromatic N) is 1. The van der Waals surface area contributed by atoms with E-state index in [2.05, 4.69) is 37.4 Å². The van der Waals surface area contributed by atoms with Crippen molar-refractivity contribution in [1.82, 2.24) is 9.62 Å². The summed E-state index contributed by atoms with van der Waals surface area (Å²) in [5.41, 5.74) is 3.92. The van der Waals surface area contributed by atoms with E-state index >= 15 is 0 Å². The van der Waals surface area contributed by atoms with E-state index in [1.54, 1.807) is 18.2 Å². The molecular formula is C22H28N2O3S. The highest BCUT2D eigenvalue weighted by molar-refractivity contribution is 7.89. The van der Waals surface area contributed by atoms with Gasteiger partial charge >= 0.3 is 0 Å². The second-order valence-corrected chi connectivity index (χ2v) is 9.07. The molecule has 0 bridgehead atoms. The van der Waals surface area contributed by atoms with Gasteiger partial charge in [0, 0.05) is 25.2 Å². The van der Waals surface area contributed by atoms with Crippen LogP contribution in [0.5, 0.6) is 0 Å². The summed E-state index contributed by atoms with van der Waals surface area (Å²) in [6, 6.07) is 12.7. The van der Waals surface area contributed by atoms with Crippen molar-refractivity contribution in [2.75, 3.05) is 13.1 Å². The highest BCUT2D eigenvalue weighted by Gasteiger charge is 2.27. The Morgan fingerprint density at radius 1 is 1.00 bits per heavy atom. The van der Waals surface area contributed by atoms with Gasteiger partial charge in [0.25, 0.3) is 5.91 Å². The zero-order valence-corrected chi connectivity index (χ0v) is 17.4. The third-order valence-electron chi connectivity index (χ3n) is 5.30. The van der Waals surface area contributed by atoms with Gasteiger partial charge in [-0.3, -0.25) is 4.79 Å². The van der Waals surface area contributed by atoms with Gasteiger partial charge in [-0.1, -0.05) is 38.1 Å². The summed E-state index contributed by atoms with van der Waals surface area (Å²) in [5.74, 6) is -0.262. The first-order valence-corrected chi connectivity index (χ1v) is 11.4. The molecular weight excluding hydrogens is 372 g/mol. The zero-order valence-electron chi connectivity index (χ0n) is 16.6. The molecule has 0 spiro atoms. The Bertz CT molecular complexity index is 948. The largest absolute Gasteiger partial charge is 0.348 e. The van der Waals surface area contributed by atoms with Gasteiger partial charge in [0.2, 0.25) is 10.0 Å². The van der Waals surface area contributed by atoms with Gasteiger partial charge in [-0.05, 0) is 60.6 Å². The fourth-order valence-electron chi connectivity index (χ4n) is 3.56. The number of sulfonamides is 1. The van der Waals surface area contributed by atoms with Crippen LogP contribution in [0.25, 0.3) is 0 Å². The lowest BCUT2D eigenvalue weighted by molar-refractivity contribution is 0.0950. The van der Waals surface area contributed by atoms with Crippen molar-refractivity contribution < 1.29 is 13.2 Å². The van der Waals surface area contributed by atoms with Crippen molar-refractivity contribution in [2.45, 2.75) is 51.0 Å². The average molecular weight is 401 g/mol. The maximum atomic E-state index is 12.7. The van der Waals surface area contributed by atoms with E-state index in [9.17, 15) is 13.2 Å². The molecule has 28 heavy (non-hydrogen) atoms. The Morgan fingerprint density at radius 2 is 1.75 bits per heavy atom. The lowest BCUT2D eigenvalue weighted by atomic mass is 10.0. The molecule has 1 aliphatic rings. The minimum absolute atomic E-state index is 0.185. The van der Waals surface area contributed by atoms with Gasteiger partial charge in [0.15, 0.2) is 0 Å². The third kappa shape index (κ3) is 4.45. The zero-order chi connectivity index (χ0) is 20.1. The summed E-state index contributed by atoms with van der Waals surface area (Å²) in [4.78, 5) is 12.8. The molecule has 0 saturated carbocycles. The van der Waals surface area contributed by atoms with Crippen molar-refractivity contribution in [2.24, 2.45) is 0 Å². The second-order valence-electron chi connectivity index (χ2n) is 7.13. The maximum absolute atomic E-state index is 12.7. The van der Waals surface area contributed by atoms with Crippen molar-refractivity contribution in [3.63, 3.8) is 0 Å². The molecule has 0 atom stereocenters. The summed E-state index contributed by atoms with van der Waals surface area (Å²) in [7, 11) is -3.53. The molecule has 2 aromatic rings. The van der Waals surface area contributed by atoms with Crippen LogP contribution in [0.2, 0.25) is 0 Å². The van der Waals surface area contributed by atoms with Crippen LogP contribution in [0.4, 0.5) is 0 Å². The van der Waals surface area contributed by atoms with E-state index in [-0.39, 0.29) is 10.8 Å². The van der Waals surface area contributed by atoms with Crippen LogP contribution in [0.1, 0.15) is 53.7 Å². The molecule has 0 aromatic heterocycles. The van der Waals surface area contributed by atoms with Crippen LogP contribution in [-0.4, -0.2) is 31.7 Å². The lowest BCUT2D eigenvalue weighted by Gasteiger charge is -2.16. The van der Waals surface area contributed by atoms with Crippen LogP contribution < -0.4 is 5.32 Å². The molecule has 0 unspecified atom stereocenters. The molecule has 1 saturated heterocycles. The minimum atomic E-state index is -3.53. The van der Waals surface area contributed by atoms with Crippen molar-refractivity contribution in [3.05, 3.63) is 64.7 Å². The number of nitrogens with one attached hydrogen (secondary N) is 1. The van der Waals surface area contributed by atoms with E-state index in [0.29, 0.717) is 25.2 Å². The van der Waals surface area contributed by atoms with Crippen molar-refractivity contribution in [3.8, 4) is 0 Å². The second kappa shape index (κ2) is 8.88. The topological polar surface area (TPSA) is 66.5 Å². The van der Waals surface area contributed by atoms with Crippen LogP contribution in [-0.2, 0) is 29.4 Å². The minimum Gasteiger partial charge on any atom is -0.348 e. The van der Waals surface area contributed by atoms with E-state index in [1.807, 2.05) is 0 Å². The number of carbonyl (C=O) groups excluding carboxylic acids is 1. The summed E-state index contributed by atoms with van der Waals surface area (Å²) in [6.07, 6.45) is 3.62. The maximum Gasteiger partial charge on any atom is 0.251 e. The van der Waals surface area contributed by atoms with Crippen molar-refractivity contribution >= 4 is 15.9 Å². The number of carbonyl (C=O) groups is 1. The Kier molecular flexibility index (Phi) is 6.52. The normalized spacial score (nSPS) is 14.9. The standard InChI is InChI=1S/C22H28N2O3S/c1-3-17-10-11-18(4-2)20(14-17)16-23-22(25)19-8-7-9-21(15-19)28(26,27)24-12-5-6-13-24/h7-11,14-15H,3-6,12-13,16H2,1-2H3,(H,23,25). The summed E-state index contributed by atoms with van der Waals surface area (Å²) >= 11 is 0. The van der Waals surface area contributed by atoms with Gasteiger partial charge in [-0.15, -0.1) is 0 Å². The average Bonchev–Trinajstić information content (AvgIpc) is 3.27. The van der Waals surface area contributed by atoms with Crippen LogP contribution in [0.15, 0.2) is 47.4 Å². The number of amides is 1. The SMILES string of the molecule is CCc1ccc(CC)c(CNC(=O)c2cccc(S(=O)(=O)N3CCCC3)c2)c1. The van der Waals surface area contributed by atoms with Gasteiger partial charge < -0.3 is 5.32 Å². The molecule has 1 fully saturated rings. The molecule has 150 valence electrons. The number of hydrogen-bond acceptors (Lipinski definition) is 3. The summed E-state index contributed by atoms with van der Waals surface area (Å²) in [5, 5.41) is 2.94. The third-order valence-corrected chi connectivity index (χ3v) is 7.19. The van der Waals surface area contributed by atoms with E-state index < -0.39 is 10.0 Å². The van der Waals surface area contributed by atoms with Crippen LogP contribution >= 0.6 is 0 Å². The van der Waals surface area contributed by atoms with Gasteiger partial charge in [-0.25, -0.2) is 8.42 Å². The molecule has 1 N–H and O–H groups in total. The quantitative estimate of drug-likeness (QED) is 0.773. The van der Waals surface area contributed by atoms with Crippen molar-refractivity contribution in [1.29, 1.82) is 0 Å². The predicted molar refractivity (Wildman–Crippen MR) is 111 cm³/mol. The fraction of sp³-hybridized carbons (Fsp3) is 0.409. The fourth-order valence-corrected chi connectivity index (χ4v) is 5.13. The highest BCUT2D eigenvalue weighted by atomic mass is 32.2. The number of benzene rings is 2. The molecule has 2 aromatic carbocycles. The summed E-state index contributed by atoms with van der Waals surface area (Å²) in [6.45, 7) is 5.73. The first-order chi connectivity index (χ1) is 13.5. The molecule has 0 aliphatic carbocycles. The molecule has 3 rings (SSSR count). The van der Waals surface area contributed by atoms with E-state index in [4.69, 9.17) is 0 Å². The molecule has 1 aliphatic heterocycles. The molecule has 0 radical (unpaired) electrons. The number of rotatable bonds is 7. The Morgan fingerprint density at radius 3 is 2.43 bits per heavy atom. The molecule has 1 heterocycles. The highest BCUT2D eigenvalue weighted by Crippen LogP contribution is 2.21. The Labute approximate surface area is 167 Å².